The topological polar surface area (TPSA) is 261 Å². The van der Waals surface area contributed by atoms with E-state index in [-0.39, 0.29) is 30.6 Å². The maximum Gasteiger partial charge on any atom is 0.329 e. The first-order valence-corrected chi connectivity index (χ1v) is 28.6. The molecule has 0 saturated carbocycles. The average Bonchev–Trinajstić information content (AvgIpc) is 3.37. The van der Waals surface area contributed by atoms with Crippen LogP contribution in [0.2, 0.25) is 0 Å². The molecule has 1 atom stereocenters. The summed E-state index contributed by atoms with van der Waals surface area (Å²) in [5.41, 5.74) is 7.04. The maximum atomic E-state index is 12.9. The molecule has 2 amide bonds. The molecule has 0 aliphatic rings. The van der Waals surface area contributed by atoms with Crippen molar-refractivity contribution in [3.8, 4) is 0 Å². The Labute approximate surface area is 462 Å². The van der Waals surface area contributed by atoms with Gasteiger partial charge >= 0.3 is 11.9 Å². The van der Waals surface area contributed by atoms with Gasteiger partial charge in [-0.15, -0.1) is 0 Å². The van der Waals surface area contributed by atoms with Crippen LogP contribution < -0.4 is 10.6 Å². The van der Waals surface area contributed by atoms with Crippen LogP contribution in [-0.2, 0) is 80.8 Å². The normalized spacial score (nSPS) is 12.1. The van der Waals surface area contributed by atoms with Crippen molar-refractivity contribution >= 4 is 23.8 Å². The molecule has 0 aromatic heterocycles. The lowest BCUT2D eigenvalue weighted by Gasteiger charge is -2.24. The average molecular weight is 1110 g/mol. The molecule has 77 heavy (non-hydrogen) atoms. The summed E-state index contributed by atoms with van der Waals surface area (Å²) in [6, 6.07) is -0.908. The number of carbonyl (C=O) groups is 4. The van der Waals surface area contributed by atoms with Crippen LogP contribution in [0, 0.1) is 0 Å². The van der Waals surface area contributed by atoms with E-state index in [4.69, 9.17) is 67.1 Å². The van der Waals surface area contributed by atoms with E-state index in [0.717, 1.165) is 38.5 Å². The lowest BCUT2D eigenvalue weighted by atomic mass is 10.0. The third kappa shape index (κ3) is 60.2. The molecular formula is C55H105N5O17. The molecule has 0 heterocycles. The molecule has 2 N–H and O–H groups in total. The summed E-state index contributed by atoms with van der Waals surface area (Å²) >= 11 is 0. The highest BCUT2D eigenvalue weighted by Gasteiger charge is 2.27. The van der Waals surface area contributed by atoms with Gasteiger partial charge in [-0.05, 0) is 66.3 Å². The van der Waals surface area contributed by atoms with Gasteiger partial charge in [0.1, 0.15) is 17.2 Å². The van der Waals surface area contributed by atoms with Crippen LogP contribution in [0.1, 0.15) is 157 Å². The summed E-state index contributed by atoms with van der Waals surface area (Å²) < 4.78 is 71.1. The second kappa shape index (κ2) is 54.7. The Hall–Kier alpha value is -3.25. The predicted octanol–water partition coefficient (Wildman–Crippen LogP) is 7.79. The zero-order valence-electron chi connectivity index (χ0n) is 48.6. The van der Waals surface area contributed by atoms with Crippen LogP contribution in [0.5, 0.6) is 0 Å². The van der Waals surface area contributed by atoms with Gasteiger partial charge in [-0.2, -0.15) is 0 Å². The smallest absolute Gasteiger partial charge is 0.329 e. The highest BCUT2D eigenvalue weighted by molar-refractivity contribution is 5.85. The molecule has 0 bridgehead atoms. The van der Waals surface area contributed by atoms with Crippen molar-refractivity contribution in [2.75, 3.05) is 158 Å². The van der Waals surface area contributed by atoms with Crippen LogP contribution in [0.4, 0.5) is 0 Å². The van der Waals surface area contributed by atoms with Crippen LogP contribution in [-0.4, -0.2) is 199 Å². The zero-order valence-corrected chi connectivity index (χ0v) is 48.6. The number of nitrogens with one attached hydrogen (secondary N) is 2. The van der Waals surface area contributed by atoms with E-state index in [1.54, 1.807) is 20.8 Å². The van der Waals surface area contributed by atoms with E-state index in [9.17, 15) is 19.2 Å². The molecule has 0 aliphatic heterocycles. The fraction of sp³-hybridized carbons (Fsp3) is 0.927. The van der Waals surface area contributed by atoms with Gasteiger partial charge in [0, 0.05) is 37.3 Å². The first kappa shape index (κ1) is 73.8. The number of rotatable bonds is 58. The van der Waals surface area contributed by atoms with E-state index >= 15 is 0 Å². The fourth-order valence-electron chi connectivity index (χ4n) is 7.03. The summed E-state index contributed by atoms with van der Waals surface area (Å²) in [5.74, 6) is -1.10. The van der Waals surface area contributed by atoms with Crippen molar-refractivity contribution in [2.24, 2.45) is 5.11 Å². The molecule has 22 heteroatoms. The van der Waals surface area contributed by atoms with E-state index < -0.39 is 23.2 Å². The van der Waals surface area contributed by atoms with Gasteiger partial charge in [-0.25, -0.2) is 4.79 Å². The van der Waals surface area contributed by atoms with E-state index in [1.807, 2.05) is 20.8 Å². The minimum Gasteiger partial charge on any atom is -0.460 e. The van der Waals surface area contributed by atoms with E-state index in [0.29, 0.717) is 171 Å². The second-order valence-corrected chi connectivity index (χ2v) is 20.3. The first-order valence-electron chi connectivity index (χ1n) is 28.6. The van der Waals surface area contributed by atoms with Gasteiger partial charge < -0.3 is 72.2 Å². The monoisotopic (exact) mass is 1110 g/mol. The van der Waals surface area contributed by atoms with Crippen molar-refractivity contribution in [2.45, 2.75) is 174 Å². The first-order chi connectivity index (χ1) is 37.2. The molecule has 0 aliphatic carbocycles. The summed E-state index contributed by atoms with van der Waals surface area (Å²) in [6.45, 7) is 21.3. The molecular weight excluding hydrogens is 1000 g/mol. The molecule has 0 aromatic rings. The number of ether oxygens (including phenoxy) is 13. The van der Waals surface area contributed by atoms with Gasteiger partial charge in [0.25, 0.3) is 0 Å². The van der Waals surface area contributed by atoms with E-state index in [2.05, 4.69) is 20.7 Å². The quantitative estimate of drug-likeness (QED) is 0.0194. The molecule has 0 spiro atoms. The Morgan fingerprint density at radius 2 is 0.714 bits per heavy atom. The number of amides is 2. The lowest BCUT2D eigenvalue weighted by molar-refractivity contribution is -0.159. The van der Waals surface area contributed by atoms with Crippen LogP contribution in [0.3, 0.4) is 0 Å². The molecule has 452 valence electrons. The highest BCUT2D eigenvalue weighted by Crippen LogP contribution is 2.16. The molecule has 0 aromatic carbocycles. The Morgan fingerprint density at radius 1 is 0.403 bits per heavy atom. The minimum atomic E-state index is -0.908. The molecule has 0 rings (SSSR count). The molecule has 1 unspecified atom stereocenters. The second-order valence-electron chi connectivity index (χ2n) is 20.3. The van der Waals surface area contributed by atoms with Crippen molar-refractivity contribution in [1.29, 1.82) is 0 Å². The number of nitrogens with zero attached hydrogens (tertiary/aromatic N) is 3. The van der Waals surface area contributed by atoms with Gasteiger partial charge in [0.05, 0.1) is 145 Å². The summed E-state index contributed by atoms with van der Waals surface area (Å²) in [6.07, 6.45) is 16.8. The molecule has 0 fully saturated rings. The summed E-state index contributed by atoms with van der Waals surface area (Å²) in [5, 5.41) is 8.99. The van der Waals surface area contributed by atoms with Crippen LogP contribution >= 0.6 is 0 Å². The molecule has 0 saturated heterocycles. The van der Waals surface area contributed by atoms with Crippen molar-refractivity contribution in [1.82, 2.24) is 10.6 Å². The number of unbranched alkanes of at least 4 members (excludes halogenated alkanes) is 13. The molecule has 0 radical (unpaired) electrons. The number of azide groups is 1. The Bertz CT molecular complexity index is 1430. The Balaban J connectivity index is 3.67. The number of carbonyl (C=O) groups excluding carboxylic acids is 4. The third-order valence-corrected chi connectivity index (χ3v) is 10.8. The summed E-state index contributed by atoms with van der Waals surface area (Å²) in [4.78, 5) is 52.8. The van der Waals surface area contributed by atoms with Crippen molar-refractivity contribution in [3.63, 3.8) is 0 Å². The standard InChI is InChI=1S/C55H105N5O17/c1-54(2,3)76-52(63)22-20-18-16-14-12-10-8-7-9-11-13-15-17-19-21-51(62)59-49(53(64)77-55(4,5)6)23-24-50(61)57-25-27-65-29-31-67-33-35-69-37-39-71-41-43-73-45-47-75-48-46-74-44-42-72-40-38-70-36-34-68-32-30-66-28-26-58-60-56/h49H,7-48H2,1-6H3,(H,57,61)(H,59,62). The minimum absolute atomic E-state index is 0.0520. The number of hydrogen-bond donors (Lipinski definition) is 2. The summed E-state index contributed by atoms with van der Waals surface area (Å²) in [7, 11) is 0. The number of hydrogen-bond acceptors (Lipinski definition) is 18. The predicted molar refractivity (Wildman–Crippen MR) is 293 cm³/mol. The van der Waals surface area contributed by atoms with Gasteiger partial charge in [0.2, 0.25) is 11.8 Å². The van der Waals surface area contributed by atoms with Gasteiger partial charge in [0.15, 0.2) is 0 Å². The fourth-order valence-corrected chi connectivity index (χ4v) is 7.03. The molecule has 22 nitrogen and oxygen atoms in total. The third-order valence-electron chi connectivity index (χ3n) is 10.8. The van der Waals surface area contributed by atoms with Gasteiger partial charge in [-0.3, -0.25) is 14.4 Å². The highest BCUT2D eigenvalue weighted by atomic mass is 16.6. The SMILES string of the molecule is CC(C)(C)OC(=O)CCCCCCCCCCCCCCCCC(=O)NC(CCC(=O)NCCOCCOCCOCCOCCOCCOCCOCCOCCOCCOCCOCCN=[N+]=[N-])C(=O)OC(C)(C)C. The largest absolute Gasteiger partial charge is 0.460 e. The van der Waals surface area contributed by atoms with E-state index in [1.165, 1.54) is 51.4 Å². The van der Waals surface area contributed by atoms with Crippen LogP contribution in [0.25, 0.3) is 10.4 Å². The zero-order chi connectivity index (χ0) is 56.6. The van der Waals surface area contributed by atoms with Gasteiger partial charge in [-0.1, -0.05) is 82.2 Å². The van der Waals surface area contributed by atoms with Crippen LogP contribution in [0.15, 0.2) is 5.11 Å². The Morgan fingerprint density at radius 3 is 1.05 bits per heavy atom. The Kier molecular flexibility index (Phi) is 52.4. The van der Waals surface area contributed by atoms with Crippen molar-refractivity contribution < 1.29 is 80.8 Å². The number of esters is 2. The van der Waals surface area contributed by atoms with Crippen molar-refractivity contribution in [3.05, 3.63) is 10.4 Å². The lowest BCUT2D eigenvalue weighted by Crippen LogP contribution is -2.44. The maximum absolute atomic E-state index is 12.9.